The molecule has 0 spiro atoms. The number of nitriles is 1. The minimum atomic E-state index is 0.438. The van der Waals surface area contributed by atoms with Crippen LogP contribution >= 0.6 is 11.8 Å². The lowest BCUT2D eigenvalue weighted by molar-refractivity contribution is 0.217. The molecule has 0 aliphatic carbocycles. The Labute approximate surface area is 140 Å². The van der Waals surface area contributed by atoms with Crippen molar-refractivity contribution in [1.29, 1.82) is 5.26 Å². The SMILES string of the molecule is CSC(=Nc1cccc(OCCOc2ccccc2)c1)NC#N. The van der Waals surface area contributed by atoms with Gasteiger partial charge in [-0.15, -0.1) is 0 Å². The van der Waals surface area contributed by atoms with Gasteiger partial charge < -0.3 is 9.47 Å². The van der Waals surface area contributed by atoms with Crippen LogP contribution in [0.4, 0.5) is 5.69 Å². The van der Waals surface area contributed by atoms with Crippen molar-refractivity contribution in [2.45, 2.75) is 0 Å². The summed E-state index contributed by atoms with van der Waals surface area (Å²) in [5.74, 6) is 1.53. The van der Waals surface area contributed by atoms with E-state index in [0.29, 0.717) is 24.1 Å². The van der Waals surface area contributed by atoms with Crippen LogP contribution in [0.25, 0.3) is 0 Å². The molecule has 0 aliphatic rings. The summed E-state index contributed by atoms with van der Waals surface area (Å²) in [4.78, 5) is 4.34. The van der Waals surface area contributed by atoms with Crippen molar-refractivity contribution in [2.75, 3.05) is 19.5 Å². The quantitative estimate of drug-likeness (QED) is 0.289. The summed E-state index contributed by atoms with van der Waals surface area (Å²) in [5, 5.41) is 11.7. The van der Waals surface area contributed by atoms with Crippen molar-refractivity contribution < 1.29 is 9.47 Å². The molecule has 6 heteroatoms. The molecular weight excluding hydrogens is 310 g/mol. The van der Waals surface area contributed by atoms with Gasteiger partial charge in [-0.05, 0) is 30.5 Å². The highest BCUT2D eigenvalue weighted by Crippen LogP contribution is 2.21. The van der Waals surface area contributed by atoms with Crippen LogP contribution < -0.4 is 14.8 Å². The minimum absolute atomic E-state index is 0.438. The van der Waals surface area contributed by atoms with Gasteiger partial charge in [-0.25, -0.2) is 4.99 Å². The second kappa shape index (κ2) is 9.38. The third-order valence-electron chi connectivity index (χ3n) is 2.77. The minimum Gasteiger partial charge on any atom is -0.490 e. The second-order valence-electron chi connectivity index (χ2n) is 4.37. The number of hydrogen-bond acceptors (Lipinski definition) is 5. The largest absolute Gasteiger partial charge is 0.490 e. The molecule has 0 saturated carbocycles. The lowest BCUT2D eigenvalue weighted by atomic mass is 10.3. The Balaban J connectivity index is 1.86. The van der Waals surface area contributed by atoms with Gasteiger partial charge >= 0.3 is 0 Å². The molecule has 0 heterocycles. The van der Waals surface area contributed by atoms with E-state index in [0.717, 1.165) is 11.4 Å². The maximum atomic E-state index is 8.64. The summed E-state index contributed by atoms with van der Waals surface area (Å²) in [6.45, 7) is 0.900. The number of benzene rings is 2. The summed E-state index contributed by atoms with van der Waals surface area (Å²) in [7, 11) is 0. The molecule has 0 saturated heterocycles. The van der Waals surface area contributed by atoms with Gasteiger partial charge in [0.05, 0.1) is 5.69 Å². The normalized spacial score (nSPS) is 10.7. The zero-order chi connectivity index (χ0) is 16.3. The van der Waals surface area contributed by atoms with Crippen LogP contribution in [-0.2, 0) is 0 Å². The highest BCUT2D eigenvalue weighted by Gasteiger charge is 2.00. The Kier molecular flexibility index (Phi) is 6.82. The van der Waals surface area contributed by atoms with E-state index in [1.54, 1.807) is 0 Å². The molecule has 0 atom stereocenters. The molecule has 2 rings (SSSR count). The molecule has 0 aromatic heterocycles. The maximum Gasteiger partial charge on any atom is 0.183 e. The molecule has 2 aromatic carbocycles. The fraction of sp³-hybridized carbons (Fsp3) is 0.176. The average molecular weight is 327 g/mol. The van der Waals surface area contributed by atoms with Gasteiger partial charge in [0.1, 0.15) is 24.7 Å². The molecule has 5 nitrogen and oxygen atoms in total. The van der Waals surface area contributed by atoms with E-state index in [9.17, 15) is 0 Å². The summed E-state index contributed by atoms with van der Waals surface area (Å²) >= 11 is 1.37. The monoisotopic (exact) mass is 327 g/mol. The van der Waals surface area contributed by atoms with E-state index in [1.807, 2.05) is 67.0 Å². The van der Waals surface area contributed by atoms with E-state index in [-0.39, 0.29) is 0 Å². The molecule has 1 N–H and O–H groups in total. The first-order chi connectivity index (χ1) is 11.3. The van der Waals surface area contributed by atoms with Crippen LogP contribution in [0.5, 0.6) is 11.5 Å². The number of ether oxygens (including phenoxy) is 2. The van der Waals surface area contributed by atoms with Gasteiger partial charge in [-0.3, -0.25) is 5.32 Å². The Morgan fingerprint density at radius 2 is 1.78 bits per heavy atom. The summed E-state index contributed by atoms with van der Waals surface area (Å²) in [6.07, 6.45) is 3.71. The molecule has 0 aliphatic heterocycles. The number of hydrogen-bond donors (Lipinski definition) is 1. The molecule has 118 valence electrons. The maximum absolute atomic E-state index is 8.64. The number of para-hydroxylation sites is 1. The smallest absolute Gasteiger partial charge is 0.183 e. The fourth-order valence-corrected chi connectivity index (χ4v) is 2.11. The van der Waals surface area contributed by atoms with Crippen LogP contribution in [0.3, 0.4) is 0 Å². The standard InChI is InChI=1S/C17H17N3O2S/c1-23-17(19-13-18)20-14-6-5-9-16(12-14)22-11-10-21-15-7-3-2-4-8-15/h2-9,12H,10-11H2,1H3,(H,19,20). The van der Waals surface area contributed by atoms with Gasteiger partial charge in [0, 0.05) is 6.07 Å². The highest BCUT2D eigenvalue weighted by atomic mass is 32.2. The van der Waals surface area contributed by atoms with Gasteiger partial charge in [-0.2, -0.15) is 5.26 Å². The Morgan fingerprint density at radius 1 is 1.09 bits per heavy atom. The van der Waals surface area contributed by atoms with Crippen LogP contribution in [-0.4, -0.2) is 24.6 Å². The number of amidine groups is 1. The van der Waals surface area contributed by atoms with Crippen molar-refractivity contribution in [3.63, 3.8) is 0 Å². The van der Waals surface area contributed by atoms with Gasteiger partial charge in [0.15, 0.2) is 11.4 Å². The topological polar surface area (TPSA) is 66.6 Å². The Hall–Kier alpha value is -2.65. The molecule has 0 amide bonds. The predicted octanol–water partition coefficient (Wildman–Crippen LogP) is 3.57. The summed E-state index contributed by atoms with van der Waals surface area (Å²) in [5.41, 5.74) is 0.721. The first-order valence-electron chi connectivity index (χ1n) is 7.00. The molecule has 0 unspecified atom stereocenters. The number of nitrogens with zero attached hydrogens (tertiary/aromatic N) is 2. The molecule has 0 radical (unpaired) electrons. The number of nitrogens with one attached hydrogen (secondary N) is 1. The first kappa shape index (κ1) is 16.7. The summed E-state index contributed by atoms with van der Waals surface area (Å²) in [6, 6.07) is 17.0. The van der Waals surface area contributed by atoms with E-state index < -0.39 is 0 Å². The fourth-order valence-electron chi connectivity index (χ4n) is 1.77. The third-order valence-corrected chi connectivity index (χ3v) is 3.35. The predicted molar refractivity (Wildman–Crippen MR) is 93.2 cm³/mol. The highest BCUT2D eigenvalue weighted by molar-refractivity contribution is 8.13. The first-order valence-corrected chi connectivity index (χ1v) is 8.23. The lowest BCUT2D eigenvalue weighted by Crippen LogP contribution is -2.12. The van der Waals surface area contributed by atoms with Crippen LogP contribution in [0.1, 0.15) is 0 Å². The van der Waals surface area contributed by atoms with Crippen molar-refractivity contribution in [3.8, 4) is 17.7 Å². The Morgan fingerprint density at radius 3 is 2.48 bits per heavy atom. The van der Waals surface area contributed by atoms with E-state index in [2.05, 4.69) is 10.3 Å². The van der Waals surface area contributed by atoms with Crippen LogP contribution in [0.15, 0.2) is 59.6 Å². The van der Waals surface area contributed by atoms with Crippen molar-refractivity contribution in [3.05, 3.63) is 54.6 Å². The van der Waals surface area contributed by atoms with Crippen molar-refractivity contribution in [2.24, 2.45) is 4.99 Å². The van der Waals surface area contributed by atoms with Crippen LogP contribution in [0.2, 0.25) is 0 Å². The number of thioether (sulfide) groups is 1. The van der Waals surface area contributed by atoms with Crippen molar-refractivity contribution >= 4 is 22.6 Å². The average Bonchev–Trinajstić information content (AvgIpc) is 2.60. The molecule has 23 heavy (non-hydrogen) atoms. The molecular formula is C17H17N3O2S. The van der Waals surface area contributed by atoms with Gasteiger partial charge in [0.25, 0.3) is 0 Å². The number of rotatable bonds is 6. The van der Waals surface area contributed by atoms with E-state index in [1.165, 1.54) is 11.8 Å². The van der Waals surface area contributed by atoms with Crippen LogP contribution in [0, 0.1) is 11.5 Å². The third kappa shape index (κ3) is 5.93. The zero-order valence-corrected chi connectivity index (χ0v) is 13.5. The zero-order valence-electron chi connectivity index (χ0n) is 12.7. The Bertz CT molecular complexity index is 684. The van der Waals surface area contributed by atoms with Gasteiger partial charge in [-0.1, -0.05) is 36.0 Å². The second-order valence-corrected chi connectivity index (χ2v) is 5.16. The van der Waals surface area contributed by atoms with E-state index >= 15 is 0 Å². The van der Waals surface area contributed by atoms with Gasteiger partial charge in [0.2, 0.25) is 0 Å². The lowest BCUT2D eigenvalue weighted by Gasteiger charge is -2.09. The molecule has 0 bridgehead atoms. The van der Waals surface area contributed by atoms with Crippen molar-refractivity contribution in [1.82, 2.24) is 5.32 Å². The summed E-state index contributed by atoms with van der Waals surface area (Å²) < 4.78 is 11.2. The molecule has 2 aromatic rings. The molecule has 0 fully saturated rings. The van der Waals surface area contributed by atoms with E-state index in [4.69, 9.17) is 14.7 Å². The number of aliphatic imine (C=N–C) groups is 1.